The summed E-state index contributed by atoms with van der Waals surface area (Å²) in [5.74, 6) is -1.09. The highest BCUT2D eigenvalue weighted by molar-refractivity contribution is 5.85. The molecular formula is C13H17ClFN3O4. The summed E-state index contributed by atoms with van der Waals surface area (Å²) < 4.78 is 18.6. The Labute approximate surface area is 133 Å². The number of nitrogens with one attached hydrogen (secondary N) is 1. The molecule has 1 saturated heterocycles. The maximum absolute atomic E-state index is 13.4. The van der Waals surface area contributed by atoms with Gasteiger partial charge >= 0.3 is 5.69 Å². The quantitative estimate of drug-likeness (QED) is 0.664. The van der Waals surface area contributed by atoms with Crippen molar-refractivity contribution in [3.05, 3.63) is 34.1 Å². The van der Waals surface area contributed by atoms with Crippen LogP contribution in [0.1, 0.15) is 6.92 Å². The van der Waals surface area contributed by atoms with Crippen molar-refractivity contribution in [2.45, 2.75) is 13.0 Å². The molecule has 0 bridgehead atoms. The van der Waals surface area contributed by atoms with Crippen LogP contribution in [0.3, 0.4) is 0 Å². The standard InChI is InChI=1S/C13H16FN3O4.ClH/c1-9-7-15-4-5-16(9)13(18)8-21-10-2-3-12(17(19)20)11(14)6-10;/h2-3,6,9,15H,4-5,7-8H2,1H3;1H/t9-;/m0./s1. The number of ether oxygens (including phenoxy) is 1. The average Bonchev–Trinajstić information content (AvgIpc) is 2.45. The molecule has 1 fully saturated rings. The predicted molar refractivity (Wildman–Crippen MR) is 79.8 cm³/mol. The van der Waals surface area contributed by atoms with E-state index >= 15 is 0 Å². The van der Waals surface area contributed by atoms with Crippen LogP contribution < -0.4 is 10.1 Å². The minimum Gasteiger partial charge on any atom is -0.484 e. The number of nitrogens with zero attached hydrogens (tertiary/aromatic N) is 2. The highest BCUT2D eigenvalue weighted by Crippen LogP contribution is 2.22. The fraction of sp³-hybridized carbons (Fsp3) is 0.462. The van der Waals surface area contributed by atoms with E-state index in [1.807, 2.05) is 6.92 Å². The fourth-order valence-corrected chi connectivity index (χ4v) is 2.17. The smallest absolute Gasteiger partial charge is 0.305 e. The van der Waals surface area contributed by atoms with Crippen molar-refractivity contribution in [1.29, 1.82) is 0 Å². The van der Waals surface area contributed by atoms with E-state index in [-0.39, 0.29) is 36.7 Å². The second-order valence-corrected chi connectivity index (χ2v) is 4.80. The Morgan fingerprint density at radius 3 is 2.91 bits per heavy atom. The molecule has 0 saturated carbocycles. The molecule has 1 aromatic rings. The van der Waals surface area contributed by atoms with Gasteiger partial charge in [0.15, 0.2) is 6.61 Å². The first-order valence-corrected chi connectivity index (χ1v) is 6.56. The molecule has 122 valence electrons. The molecule has 9 heteroatoms. The number of amides is 1. The van der Waals surface area contributed by atoms with Crippen LogP contribution in [0.2, 0.25) is 0 Å². The minimum absolute atomic E-state index is 0. The van der Waals surface area contributed by atoms with Gasteiger partial charge < -0.3 is 15.0 Å². The SMILES string of the molecule is C[C@H]1CNCCN1C(=O)COc1ccc([N+](=O)[O-])c(F)c1.Cl. The van der Waals surface area contributed by atoms with E-state index in [9.17, 15) is 19.3 Å². The first-order chi connectivity index (χ1) is 9.99. The van der Waals surface area contributed by atoms with Gasteiger partial charge in [-0.25, -0.2) is 0 Å². The van der Waals surface area contributed by atoms with Gasteiger partial charge in [-0.15, -0.1) is 12.4 Å². The van der Waals surface area contributed by atoms with Gasteiger partial charge in [0.2, 0.25) is 5.82 Å². The van der Waals surface area contributed by atoms with Crippen LogP contribution in [0, 0.1) is 15.9 Å². The van der Waals surface area contributed by atoms with Gasteiger partial charge in [0.05, 0.1) is 4.92 Å². The first kappa shape index (κ1) is 18.1. The van der Waals surface area contributed by atoms with Gasteiger partial charge in [-0.3, -0.25) is 14.9 Å². The third-order valence-corrected chi connectivity index (χ3v) is 3.30. The van der Waals surface area contributed by atoms with Crippen molar-refractivity contribution in [3.8, 4) is 5.75 Å². The summed E-state index contributed by atoms with van der Waals surface area (Å²) in [6.45, 7) is 3.75. The monoisotopic (exact) mass is 333 g/mol. The molecule has 0 aromatic heterocycles. The molecule has 1 atom stereocenters. The van der Waals surface area contributed by atoms with Crippen molar-refractivity contribution in [2.75, 3.05) is 26.2 Å². The molecule has 22 heavy (non-hydrogen) atoms. The van der Waals surface area contributed by atoms with Gasteiger partial charge in [-0.1, -0.05) is 0 Å². The summed E-state index contributed by atoms with van der Waals surface area (Å²) in [4.78, 5) is 23.4. The third kappa shape index (κ3) is 4.28. The van der Waals surface area contributed by atoms with Crippen LogP contribution in [0.25, 0.3) is 0 Å². The predicted octanol–water partition coefficient (Wildman–Crippen LogP) is 1.35. The Morgan fingerprint density at radius 1 is 1.59 bits per heavy atom. The van der Waals surface area contributed by atoms with Crippen molar-refractivity contribution in [1.82, 2.24) is 10.2 Å². The van der Waals surface area contributed by atoms with Gasteiger partial charge in [0, 0.05) is 37.8 Å². The number of halogens is 2. The largest absolute Gasteiger partial charge is 0.484 e. The number of benzene rings is 1. The number of carbonyl (C=O) groups is 1. The lowest BCUT2D eigenvalue weighted by atomic mass is 10.2. The summed E-state index contributed by atoms with van der Waals surface area (Å²) in [5.41, 5.74) is -0.621. The van der Waals surface area contributed by atoms with Gasteiger partial charge in [-0.2, -0.15) is 4.39 Å². The van der Waals surface area contributed by atoms with Gasteiger partial charge in [-0.05, 0) is 13.0 Å². The minimum atomic E-state index is -0.986. The molecule has 0 unspecified atom stereocenters. The lowest BCUT2D eigenvalue weighted by Crippen LogP contribution is -2.53. The summed E-state index contributed by atoms with van der Waals surface area (Å²) in [6.07, 6.45) is 0. The Balaban J connectivity index is 0.00000242. The van der Waals surface area contributed by atoms with E-state index in [4.69, 9.17) is 4.74 Å². The number of piperazine rings is 1. The highest BCUT2D eigenvalue weighted by atomic mass is 35.5. The van der Waals surface area contributed by atoms with E-state index in [1.165, 1.54) is 6.07 Å². The number of hydrogen-bond donors (Lipinski definition) is 1. The molecule has 1 aliphatic rings. The number of rotatable bonds is 4. The Morgan fingerprint density at radius 2 is 2.32 bits per heavy atom. The molecule has 7 nitrogen and oxygen atoms in total. The molecule has 2 rings (SSSR count). The van der Waals surface area contributed by atoms with Crippen molar-refractivity contribution in [2.24, 2.45) is 0 Å². The summed E-state index contributed by atoms with van der Waals surface area (Å²) in [7, 11) is 0. The van der Waals surface area contributed by atoms with Crippen LogP contribution in [0.15, 0.2) is 18.2 Å². The average molecular weight is 334 g/mol. The maximum atomic E-state index is 13.4. The van der Waals surface area contributed by atoms with Crippen LogP contribution >= 0.6 is 12.4 Å². The normalized spacial score (nSPS) is 17.5. The van der Waals surface area contributed by atoms with E-state index in [0.29, 0.717) is 6.54 Å². The second-order valence-electron chi connectivity index (χ2n) is 4.80. The Bertz CT molecular complexity index is 558. The Kier molecular flexibility index (Phi) is 6.51. The third-order valence-electron chi connectivity index (χ3n) is 3.30. The number of nitro benzene ring substituents is 1. The van der Waals surface area contributed by atoms with Gasteiger partial charge in [0.1, 0.15) is 5.75 Å². The molecule has 1 aromatic carbocycles. The lowest BCUT2D eigenvalue weighted by Gasteiger charge is -2.33. The zero-order chi connectivity index (χ0) is 15.4. The number of carbonyl (C=O) groups excluding carboxylic acids is 1. The lowest BCUT2D eigenvalue weighted by molar-refractivity contribution is -0.387. The summed E-state index contributed by atoms with van der Waals surface area (Å²) in [6, 6.07) is 3.27. The zero-order valence-corrected chi connectivity index (χ0v) is 12.8. The summed E-state index contributed by atoms with van der Waals surface area (Å²) >= 11 is 0. The number of hydrogen-bond acceptors (Lipinski definition) is 5. The van der Waals surface area contributed by atoms with Crippen LogP contribution in [0.5, 0.6) is 5.75 Å². The van der Waals surface area contributed by atoms with Gasteiger partial charge in [0.25, 0.3) is 5.91 Å². The highest BCUT2D eigenvalue weighted by Gasteiger charge is 2.23. The van der Waals surface area contributed by atoms with Crippen LogP contribution in [0.4, 0.5) is 10.1 Å². The van der Waals surface area contributed by atoms with E-state index < -0.39 is 16.4 Å². The molecule has 1 amide bonds. The molecule has 1 heterocycles. The molecule has 0 aliphatic carbocycles. The molecule has 1 aliphatic heterocycles. The zero-order valence-electron chi connectivity index (χ0n) is 12.0. The van der Waals surface area contributed by atoms with E-state index in [1.54, 1.807) is 4.90 Å². The van der Waals surface area contributed by atoms with Crippen LogP contribution in [-0.2, 0) is 4.79 Å². The molecule has 0 spiro atoms. The second kappa shape index (κ2) is 7.90. The van der Waals surface area contributed by atoms with E-state index in [0.717, 1.165) is 25.2 Å². The fourth-order valence-electron chi connectivity index (χ4n) is 2.17. The topological polar surface area (TPSA) is 84.7 Å². The van der Waals surface area contributed by atoms with E-state index in [2.05, 4.69) is 5.32 Å². The number of nitro groups is 1. The molecule has 0 radical (unpaired) electrons. The summed E-state index contributed by atoms with van der Waals surface area (Å²) in [5, 5.41) is 13.7. The molecular weight excluding hydrogens is 317 g/mol. The van der Waals surface area contributed by atoms with Crippen molar-refractivity contribution >= 4 is 24.0 Å². The van der Waals surface area contributed by atoms with Crippen molar-refractivity contribution in [3.63, 3.8) is 0 Å². The maximum Gasteiger partial charge on any atom is 0.305 e. The van der Waals surface area contributed by atoms with Crippen LogP contribution in [-0.4, -0.2) is 48.0 Å². The molecule has 1 N–H and O–H groups in total. The van der Waals surface area contributed by atoms with Crippen molar-refractivity contribution < 1.29 is 18.8 Å². The Hall–Kier alpha value is -1.93. The first-order valence-electron chi connectivity index (χ1n) is 6.56.